The number of aryl methyl sites for hydroxylation is 1. The molecule has 0 aliphatic heterocycles. The first-order valence-electron chi connectivity index (χ1n) is 15.1. The Bertz CT molecular complexity index is 2850. The van der Waals surface area contributed by atoms with Gasteiger partial charge in [-0.05, 0) is 78.5 Å². The van der Waals surface area contributed by atoms with Crippen LogP contribution in [0.4, 0.5) is 34.1 Å². The van der Waals surface area contributed by atoms with E-state index in [1.54, 1.807) is 25.1 Å². The fourth-order valence-electron chi connectivity index (χ4n) is 5.44. The van der Waals surface area contributed by atoms with Crippen molar-refractivity contribution in [3.05, 3.63) is 103 Å². The van der Waals surface area contributed by atoms with E-state index in [1.807, 2.05) is 30.3 Å². The number of aromatic hydroxyl groups is 1. The molecule has 0 amide bonds. The van der Waals surface area contributed by atoms with E-state index in [-0.39, 0.29) is 44.4 Å². The van der Waals surface area contributed by atoms with Gasteiger partial charge in [0.1, 0.15) is 31.8 Å². The maximum Gasteiger partial charge on any atom is 0.296 e. The van der Waals surface area contributed by atoms with Gasteiger partial charge in [-0.1, -0.05) is 30.3 Å². The highest BCUT2D eigenvalue weighted by Crippen LogP contribution is 2.44. The lowest BCUT2D eigenvalue weighted by atomic mass is 10.1. The number of nitrogens with one attached hydrogen (secondary N) is 1. The minimum atomic E-state index is -4.92. The third kappa shape index (κ3) is 7.84. The number of ether oxygens (including phenoxy) is 1. The van der Waals surface area contributed by atoms with E-state index >= 15 is 0 Å². The van der Waals surface area contributed by atoms with Crippen molar-refractivity contribution in [2.75, 3.05) is 12.4 Å². The molecule has 0 fully saturated rings. The summed E-state index contributed by atoms with van der Waals surface area (Å²) >= 11 is 0. The number of methoxy groups -OCH3 is 1. The molecule has 0 aliphatic carbocycles. The summed E-state index contributed by atoms with van der Waals surface area (Å²) in [6.45, 7) is 1.59. The van der Waals surface area contributed by atoms with E-state index in [4.69, 9.17) is 4.74 Å². The van der Waals surface area contributed by atoms with Crippen molar-refractivity contribution in [3.8, 4) is 11.5 Å². The highest BCUT2D eigenvalue weighted by molar-refractivity contribution is 7.86. The van der Waals surface area contributed by atoms with Gasteiger partial charge in [0.25, 0.3) is 30.4 Å². The number of phenolic OH excluding ortho intramolecular Hbond substituents is 1. The van der Waals surface area contributed by atoms with E-state index in [0.717, 1.165) is 30.0 Å². The number of rotatable bonds is 10. The van der Waals surface area contributed by atoms with Crippen molar-refractivity contribution in [2.45, 2.75) is 21.6 Å². The molecule has 0 atom stereocenters. The molecule has 272 valence electrons. The number of benzene rings is 6. The normalized spacial score (nSPS) is 12.6. The summed E-state index contributed by atoms with van der Waals surface area (Å²) in [5, 5.41) is 30.6. The summed E-state index contributed by atoms with van der Waals surface area (Å²) in [6, 6.07) is 23.5. The number of para-hydroxylation sites is 1. The van der Waals surface area contributed by atoms with E-state index in [9.17, 15) is 44.0 Å². The Morgan fingerprint density at radius 2 is 1.26 bits per heavy atom. The summed E-state index contributed by atoms with van der Waals surface area (Å²) in [4.78, 5) is -2.00. The third-order valence-corrected chi connectivity index (χ3v) is 10.6. The third-order valence-electron chi connectivity index (χ3n) is 7.88. The lowest BCUT2D eigenvalue weighted by Crippen LogP contribution is -2.03. The van der Waals surface area contributed by atoms with Gasteiger partial charge in [0.2, 0.25) is 0 Å². The molecule has 0 bridgehead atoms. The molecule has 0 saturated carbocycles. The number of fused-ring (bicyclic) bond motifs is 2. The summed E-state index contributed by atoms with van der Waals surface area (Å²) in [7, 11) is -13.3. The molecule has 5 N–H and O–H groups in total. The quantitative estimate of drug-likeness (QED) is 0.0650. The predicted molar refractivity (Wildman–Crippen MR) is 195 cm³/mol. The number of anilines is 2. The maximum atomic E-state index is 12.5. The molecule has 0 unspecified atom stereocenters. The standard InChI is InChI=1S/C34H27N5O11S3/c1-19-13-28(38-39-33-32(53(47,48)49)15-20-14-22(11-12-24(20)34(33)40)35-21-7-4-3-5-8-21)29(50-2)18-27(19)37-36-23-16-26-25(31(17-23)52(44,45)46)9-6-10-30(26)51(41,42)43/h3-18,35,40H,1-2H3,(H,41,42,43)(H,44,45,46)(H,47,48,49). The molecule has 0 aromatic heterocycles. The first-order chi connectivity index (χ1) is 24.9. The fourth-order valence-corrected chi connectivity index (χ4v) is 7.52. The van der Waals surface area contributed by atoms with E-state index < -0.39 is 56.5 Å². The van der Waals surface area contributed by atoms with Gasteiger partial charge < -0.3 is 15.2 Å². The van der Waals surface area contributed by atoms with Crippen LogP contribution in [0.5, 0.6) is 11.5 Å². The Morgan fingerprint density at radius 3 is 1.92 bits per heavy atom. The van der Waals surface area contributed by atoms with Crippen LogP contribution in [0.25, 0.3) is 21.5 Å². The number of hydrogen-bond donors (Lipinski definition) is 5. The Hall–Kier alpha value is -5.83. The zero-order chi connectivity index (χ0) is 38.3. The van der Waals surface area contributed by atoms with Crippen molar-refractivity contribution in [1.82, 2.24) is 0 Å². The Morgan fingerprint density at radius 1 is 0.585 bits per heavy atom. The first kappa shape index (κ1) is 36.9. The number of hydrogen-bond acceptors (Lipinski definition) is 13. The second-order valence-electron chi connectivity index (χ2n) is 11.4. The SMILES string of the molecule is COc1cc(N=Nc2cc(S(=O)(=O)O)c3cccc(S(=O)(=O)O)c3c2)c(C)cc1N=Nc1c(S(=O)(=O)O)cc2cc(Nc3ccccc3)ccc2c1O. The van der Waals surface area contributed by atoms with Crippen molar-refractivity contribution in [2.24, 2.45) is 20.5 Å². The molecule has 0 radical (unpaired) electrons. The van der Waals surface area contributed by atoms with Crippen LogP contribution in [-0.4, -0.2) is 51.1 Å². The zero-order valence-corrected chi connectivity index (χ0v) is 29.8. The second kappa shape index (κ2) is 14.0. The lowest BCUT2D eigenvalue weighted by Gasteiger charge is -2.12. The summed E-state index contributed by atoms with van der Waals surface area (Å²) in [6.07, 6.45) is 0. The van der Waals surface area contributed by atoms with Gasteiger partial charge in [0.15, 0.2) is 5.75 Å². The van der Waals surface area contributed by atoms with Crippen molar-refractivity contribution >= 4 is 86.0 Å². The minimum absolute atomic E-state index is 0.0457. The van der Waals surface area contributed by atoms with Gasteiger partial charge in [-0.2, -0.15) is 35.5 Å². The van der Waals surface area contributed by atoms with Crippen LogP contribution in [0.2, 0.25) is 0 Å². The smallest absolute Gasteiger partial charge is 0.296 e. The number of phenols is 1. The van der Waals surface area contributed by atoms with Gasteiger partial charge in [-0.25, -0.2) is 0 Å². The Balaban J connectivity index is 1.38. The molecule has 0 saturated heterocycles. The van der Waals surface area contributed by atoms with Crippen molar-refractivity contribution in [1.29, 1.82) is 0 Å². The van der Waals surface area contributed by atoms with E-state index in [1.165, 1.54) is 31.4 Å². The fraction of sp³-hybridized carbons (Fsp3) is 0.0588. The van der Waals surface area contributed by atoms with E-state index in [2.05, 4.69) is 25.8 Å². The average molecular weight is 778 g/mol. The minimum Gasteiger partial charge on any atom is -0.505 e. The molecule has 6 aromatic carbocycles. The molecule has 6 rings (SSSR count). The number of azo groups is 2. The Kier molecular flexibility index (Phi) is 9.73. The average Bonchev–Trinajstić information content (AvgIpc) is 3.09. The monoisotopic (exact) mass is 777 g/mol. The summed E-state index contributed by atoms with van der Waals surface area (Å²) in [5.74, 6) is -0.521. The predicted octanol–water partition coefficient (Wildman–Crippen LogP) is 8.33. The van der Waals surface area contributed by atoms with Crippen molar-refractivity contribution < 1.29 is 48.8 Å². The highest BCUT2D eigenvalue weighted by atomic mass is 32.2. The van der Waals surface area contributed by atoms with Crippen LogP contribution in [-0.2, 0) is 30.4 Å². The summed E-state index contributed by atoms with van der Waals surface area (Å²) in [5.41, 5.74) is 1.21. The Labute approximate surface area is 302 Å². The maximum absolute atomic E-state index is 12.5. The van der Waals surface area contributed by atoms with Gasteiger partial charge in [0, 0.05) is 33.6 Å². The molecular formula is C34H27N5O11S3. The van der Waals surface area contributed by atoms with E-state index in [0.29, 0.717) is 11.3 Å². The molecule has 0 spiro atoms. The molecule has 19 heteroatoms. The van der Waals surface area contributed by atoms with Crippen LogP contribution in [0.3, 0.4) is 0 Å². The van der Waals surface area contributed by atoms with Gasteiger partial charge in [-0.3, -0.25) is 13.7 Å². The largest absolute Gasteiger partial charge is 0.505 e. The van der Waals surface area contributed by atoms with Crippen LogP contribution in [0.15, 0.2) is 132 Å². The molecule has 6 aromatic rings. The van der Waals surface area contributed by atoms with Gasteiger partial charge in [0.05, 0.1) is 18.5 Å². The molecular weight excluding hydrogens is 751 g/mol. The van der Waals surface area contributed by atoms with Gasteiger partial charge in [-0.15, -0.1) is 10.2 Å². The molecule has 0 aliphatic rings. The molecule has 53 heavy (non-hydrogen) atoms. The van der Waals surface area contributed by atoms with Crippen LogP contribution < -0.4 is 10.1 Å². The van der Waals surface area contributed by atoms with Crippen molar-refractivity contribution in [3.63, 3.8) is 0 Å². The first-order valence-corrected chi connectivity index (χ1v) is 19.4. The van der Waals surface area contributed by atoms with Crippen LogP contribution >= 0.6 is 0 Å². The van der Waals surface area contributed by atoms with Crippen LogP contribution in [0, 0.1) is 6.92 Å². The lowest BCUT2D eigenvalue weighted by molar-refractivity contribution is 0.416. The topological polar surface area (TPSA) is 254 Å². The molecule has 0 heterocycles. The molecule has 16 nitrogen and oxygen atoms in total. The summed E-state index contributed by atoms with van der Waals surface area (Å²) < 4.78 is 108. The zero-order valence-electron chi connectivity index (χ0n) is 27.4. The highest BCUT2D eigenvalue weighted by Gasteiger charge is 2.24. The second-order valence-corrected chi connectivity index (χ2v) is 15.6. The number of nitrogens with zero attached hydrogens (tertiary/aromatic N) is 4. The van der Waals surface area contributed by atoms with Crippen LogP contribution in [0.1, 0.15) is 5.56 Å². The van der Waals surface area contributed by atoms with Gasteiger partial charge >= 0.3 is 0 Å².